The lowest BCUT2D eigenvalue weighted by atomic mass is 10.0. The largest absolute Gasteiger partial charge is 0.573 e. The van der Waals surface area contributed by atoms with E-state index in [0.717, 1.165) is 30.5 Å². The molecule has 0 saturated heterocycles. The number of aryl methyl sites for hydroxylation is 1. The first-order valence-corrected chi connectivity index (χ1v) is 13.4. The number of anilines is 1. The summed E-state index contributed by atoms with van der Waals surface area (Å²) < 4.78 is 91.0. The Morgan fingerprint density at radius 1 is 1.05 bits per heavy atom. The lowest BCUT2D eigenvalue weighted by Crippen LogP contribution is -2.19. The Balaban J connectivity index is 1.35. The van der Waals surface area contributed by atoms with Crippen molar-refractivity contribution in [1.29, 1.82) is 0 Å². The van der Waals surface area contributed by atoms with E-state index in [9.17, 15) is 31.1 Å². The van der Waals surface area contributed by atoms with E-state index in [1.54, 1.807) is 43.1 Å². The summed E-state index contributed by atoms with van der Waals surface area (Å²) in [4.78, 5) is 13.0. The average Bonchev–Trinajstić information content (AvgIpc) is 3.70. The number of carbonyl (C=O) groups is 1. The molecule has 1 heterocycles. The lowest BCUT2D eigenvalue weighted by Gasteiger charge is -2.23. The van der Waals surface area contributed by atoms with Crippen molar-refractivity contribution in [2.75, 3.05) is 11.9 Å². The van der Waals surface area contributed by atoms with Gasteiger partial charge in [-0.25, -0.2) is 9.48 Å². The smallest absolute Gasteiger partial charge is 0.487 e. The van der Waals surface area contributed by atoms with Gasteiger partial charge >= 0.3 is 18.5 Å². The van der Waals surface area contributed by atoms with Crippen LogP contribution in [0.2, 0.25) is 0 Å². The molecule has 4 aromatic rings. The van der Waals surface area contributed by atoms with Gasteiger partial charge in [-0.1, -0.05) is 23.4 Å². The van der Waals surface area contributed by atoms with E-state index in [4.69, 9.17) is 9.84 Å². The minimum Gasteiger partial charge on any atom is -0.487 e. The van der Waals surface area contributed by atoms with Crippen LogP contribution in [0.15, 0.2) is 60.7 Å². The number of carboxylic acids is 1. The summed E-state index contributed by atoms with van der Waals surface area (Å²) in [6.07, 6.45) is -7.98. The number of aromatic nitrogens is 3. The number of nitrogens with zero attached hydrogens (tertiary/aromatic N) is 4. The number of carboxylic acid groups (broad SMARTS) is 1. The number of benzene rings is 3. The molecule has 232 valence electrons. The fourth-order valence-corrected chi connectivity index (χ4v) is 4.93. The first-order chi connectivity index (χ1) is 20.7. The maximum atomic E-state index is 13.5. The summed E-state index contributed by atoms with van der Waals surface area (Å²) >= 11 is 0. The first kappa shape index (κ1) is 30.7. The van der Waals surface area contributed by atoms with Crippen LogP contribution < -0.4 is 14.4 Å². The summed E-state index contributed by atoms with van der Waals surface area (Å²) in [5, 5.41) is 17.5. The summed E-state index contributed by atoms with van der Waals surface area (Å²) in [6.45, 7) is 1.81. The van der Waals surface area contributed by atoms with E-state index in [0.29, 0.717) is 22.8 Å². The second-order valence-electron chi connectivity index (χ2n) is 10.4. The summed E-state index contributed by atoms with van der Waals surface area (Å²) in [5.41, 5.74) is 0.830. The van der Waals surface area contributed by atoms with Crippen LogP contribution in [0.1, 0.15) is 57.2 Å². The van der Waals surface area contributed by atoms with E-state index in [-0.39, 0.29) is 30.3 Å². The Kier molecular flexibility index (Phi) is 8.19. The quantitative estimate of drug-likeness (QED) is 0.186. The Morgan fingerprint density at radius 2 is 1.77 bits per heavy atom. The molecule has 0 spiro atoms. The van der Waals surface area contributed by atoms with Crippen LogP contribution in [0.3, 0.4) is 0 Å². The van der Waals surface area contributed by atoms with Crippen molar-refractivity contribution in [3.63, 3.8) is 0 Å². The third-order valence-corrected chi connectivity index (χ3v) is 7.07. The van der Waals surface area contributed by atoms with Gasteiger partial charge in [-0.15, -0.1) is 18.3 Å². The molecule has 0 amide bonds. The van der Waals surface area contributed by atoms with Crippen LogP contribution in [-0.4, -0.2) is 39.5 Å². The highest BCUT2D eigenvalue weighted by Gasteiger charge is 2.36. The predicted molar refractivity (Wildman–Crippen MR) is 146 cm³/mol. The highest BCUT2D eigenvalue weighted by molar-refractivity contribution is 5.89. The minimum absolute atomic E-state index is 0.0516. The number of aromatic carboxylic acids is 1. The summed E-state index contributed by atoms with van der Waals surface area (Å²) in [7, 11) is 1.69. The Hall–Kier alpha value is -4.75. The van der Waals surface area contributed by atoms with Gasteiger partial charge in [-0.2, -0.15) is 13.2 Å². The molecule has 8 nitrogen and oxygen atoms in total. The molecule has 1 aliphatic carbocycles. The summed E-state index contributed by atoms with van der Waals surface area (Å²) in [6, 6.07) is 13.9. The van der Waals surface area contributed by atoms with Crippen LogP contribution in [-0.2, 0) is 19.3 Å². The number of rotatable bonds is 10. The third-order valence-electron chi connectivity index (χ3n) is 7.07. The molecule has 14 heteroatoms. The first-order valence-electron chi connectivity index (χ1n) is 13.4. The van der Waals surface area contributed by atoms with Gasteiger partial charge < -0.3 is 19.5 Å². The number of hydrogen-bond acceptors (Lipinski definition) is 6. The Morgan fingerprint density at radius 3 is 2.41 bits per heavy atom. The van der Waals surface area contributed by atoms with Crippen molar-refractivity contribution in [3.05, 3.63) is 94.3 Å². The molecule has 1 fully saturated rings. The van der Waals surface area contributed by atoms with Crippen molar-refractivity contribution in [2.45, 2.75) is 51.4 Å². The SMILES string of the molecule is Cc1cc(OCc2c(C3CC3)nnn2-c2ccccc2OC(F)(F)F)ccc1N(C)Cc1ccc(C(=O)O)c(C(F)(F)F)c1. The van der Waals surface area contributed by atoms with Crippen molar-refractivity contribution >= 4 is 11.7 Å². The van der Waals surface area contributed by atoms with Gasteiger partial charge in [0, 0.05) is 25.2 Å². The molecule has 44 heavy (non-hydrogen) atoms. The van der Waals surface area contributed by atoms with Crippen molar-refractivity contribution in [1.82, 2.24) is 15.0 Å². The second-order valence-corrected chi connectivity index (χ2v) is 10.4. The van der Waals surface area contributed by atoms with Gasteiger partial charge in [-0.3, -0.25) is 0 Å². The molecule has 1 N–H and O–H groups in total. The highest BCUT2D eigenvalue weighted by Crippen LogP contribution is 2.42. The molecule has 0 unspecified atom stereocenters. The monoisotopic (exact) mass is 620 g/mol. The van der Waals surface area contributed by atoms with Crippen LogP contribution in [0, 0.1) is 6.92 Å². The fraction of sp³-hybridized carbons (Fsp3) is 0.300. The van der Waals surface area contributed by atoms with Crippen LogP contribution in [0.4, 0.5) is 32.0 Å². The van der Waals surface area contributed by atoms with Crippen LogP contribution in [0.25, 0.3) is 5.69 Å². The molecule has 0 bridgehead atoms. The minimum atomic E-state index is -4.90. The maximum Gasteiger partial charge on any atom is 0.573 e. The standard InChI is InChI=1S/C30H26F6N4O4/c1-17-13-20(10-12-23(17)39(2)15-18-7-11-21(28(41)42)22(14-18)29(31,32)33)43-16-25-27(19-8-9-19)37-38-40(25)24-5-3-4-6-26(24)44-30(34,35)36/h3-7,10-14,19H,8-9,15-16H2,1-2H3,(H,41,42). The number of halogens is 6. The predicted octanol–water partition coefficient (Wildman–Crippen LogP) is 7.28. The Bertz CT molecular complexity index is 1680. The molecule has 1 aliphatic rings. The van der Waals surface area contributed by atoms with Gasteiger partial charge in [0.25, 0.3) is 0 Å². The topological polar surface area (TPSA) is 89.7 Å². The molecular weight excluding hydrogens is 594 g/mol. The molecule has 0 aliphatic heterocycles. The van der Waals surface area contributed by atoms with Crippen LogP contribution in [0.5, 0.6) is 11.5 Å². The molecule has 0 radical (unpaired) electrons. The summed E-state index contributed by atoms with van der Waals surface area (Å²) in [5.74, 6) is -1.53. The van der Waals surface area contributed by atoms with E-state index in [1.807, 2.05) is 0 Å². The van der Waals surface area contributed by atoms with Crippen molar-refractivity contribution in [2.24, 2.45) is 0 Å². The van der Waals surface area contributed by atoms with E-state index >= 15 is 0 Å². The van der Waals surface area contributed by atoms with Gasteiger partial charge in [0.1, 0.15) is 23.7 Å². The zero-order chi connectivity index (χ0) is 31.8. The van der Waals surface area contributed by atoms with E-state index < -0.39 is 35.4 Å². The van der Waals surface area contributed by atoms with Gasteiger partial charge in [0.15, 0.2) is 5.75 Å². The van der Waals surface area contributed by atoms with Crippen molar-refractivity contribution in [3.8, 4) is 17.2 Å². The van der Waals surface area contributed by atoms with Crippen molar-refractivity contribution < 1.29 is 45.7 Å². The number of para-hydroxylation sites is 2. The number of hydrogen-bond donors (Lipinski definition) is 1. The lowest BCUT2D eigenvalue weighted by molar-refractivity contribution is -0.274. The average molecular weight is 621 g/mol. The maximum absolute atomic E-state index is 13.5. The molecule has 1 aromatic heterocycles. The second kappa shape index (κ2) is 11.7. The number of ether oxygens (including phenoxy) is 2. The normalized spacial score (nSPS) is 13.5. The van der Waals surface area contributed by atoms with Crippen LogP contribution >= 0.6 is 0 Å². The van der Waals surface area contributed by atoms with E-state index in [1.165, 1.54) is 28.9 Å². The third kappa shape index (κ3) is 6.90. The zero-order valence-electron chi connectivity index (χ0n) is 23.4. The van der Waals surface area contributed by atoms with Gasteiger partial charge in [0.2, 0.25) is 0 Å². The molecule has 0 atom stereocenters. The van der Waals surface area contributed by atoms with Gasteiger partial charge in [0.05, 0.1) is 16.8 Å². The zero-order valence-corrected chi connectivity index (χ0v) is 23.4. The van der Waals surface area contributed by atoms with E-state index in [2.05, 4.69) is 15.0 Å². The highest BCUT2D eigenvalue weighted by atomic mass is 19.4. The molecule has 3 aromatic carbocycles. The van der Waals surface area contributed by atoms with Gasteiger partial charge in [-0.05, 0) is 73.4 Å². The Labute approximate surface area is 247 Å². The fourth-order valence-electron chi connectivity index (χ4n) is 4.93. The molecule has 5 rings (SSSR count). The molecular formula is C30H26F6N4O4. The molecule has 1 saturated carbocycles. The number of alkyl halides is 6.